The lowest BCUT2D eigenvalue weighted by molar-refractivity contribution is 0.0490. The number of nitrogens with one attached hydrogen (secondary N) is 1. The third-order valence-corrected chi connectivity index (χ3v) is 6.45. The Hall–Kier alpha value is -2.64. The van der Waals surface area contributed by atoms with Gasteiger partial charge in [-0.2, -0.15) is 0 Å². The summed E-state index contributed by atoms with van der Waals surface area (Å²) in [5.41, 5.74) is 10.3. The van der Waals surface area contributed by atoms with Gasteiger partial charge in [0.1, 0.15) is 12.0 Å². The summed E-state index contributed by atoms with van der Waals surface area (Å²) in [7, 11) is 0. The minimum atomic E-state index is -0.000998. The number of carbonyl (C=O) groups is 1. The molecule has 5 rings (SSSR count). The maximum absolute atomic E-state index is 13.0. The molecule has 0 aliphatic carbocycles. The van der Waals surface area contributed by atoms with Gasteiger partial charge in [0.2, 0.25) is 0 Å². The van der Waals surface area contributed by atoms with E-state index in [1.54, 1.807) is 24.7 Å². The van der Waals surface area contributed by atoms with E-state index in [1.807, 2.05) is 24.0 Å². The average molecular weight is 380 g/mol. The van der Waals surface area contributed by atoms with Crippen molar-refractivity contribution < 1.29 is 13.9 Å². The van der Waals surface area contributed by atoms with E-state index in [1.165, 1.54) is 0 Å². The first-order chi connectivity index (χ1) is 13.6. The number of furan rings is 1. The smallest absolute Gasteiger partial charge is 0.270 e. The Morgan fingerprint density at radius 3 is 2.89 bits per heavy atom. The molecule has 146 valence electrons. The lowest BCUT2D eigenvalue weighted by Crippen LogP contribution is -2.51. The number of hydrogen-bond donors (Lipinski definition) is 2. The number of ether oxygens (including phenoxy) is 1. The minimum absolute atomic E-state index is 0.000998. The largest absolute Gasteiger partial charge is 0.462 e. The molecule has 2 atom stereocenters. The van der Waals surface area contributed by atoms with Crippen LogP contribution in [0.15, 0.2) is 41.3 Å². The van der Waals surface area contributed by atoms with E-state index in [0.29, 0.717) is 31.0 Å². The molecule has 2 fully saturated rings. The molecule has 1 amide bonds. The first kappa shape index (κ1) is 17.5. The second kappa shape index (κ2) is 6.46. The van der Waals surface area contributed by atoms with Crippen LogP contribution in [0.3, 0.4) is 0 Å². The summed E-state index contributed by atoms with van der Waals surface area (Å²) in [5, 5.41) is 0. The Balaban J connectivity index is 1.35. The zero-order valence-electron chi connectivity index (χ0n) is 15.9. The van der Waals surface area contributed by atoms with Gasteiger partial charge in [0, 0.05) is 54.1 Å². The van der Waals surface area contributed by atoms with Crippen molar-refractivity contribution >= 4 is 17.0 Å². The van der Waals surface area contributed by atoms with Crippen LogP contribution in [-0.4, -0.2) is 52.6 Å². The maximum atomic E-state index is 13.0. The molecule has 2 saturated heterocycles. The summed E-state index contributed by atoms with van der Waals surface area (Å²) >= 11 is 0. The molecule has 7 heteroatoms. The van der Waals surface area contributed by atoms with E-state index in [2.05, 4.69) is 9.97 Å². The second-order valence-corrected chi connectivity index (χ2v) is 8.01. The fourth-order valence-corrected chi connectivity index (χ4v) is 4.56. The fraction of sp³-hybridized carbons (Fsp3) is 0.429. The molecule has 2 aliphatic heterocycles. The predicted molar refractivity (Wildman–Crippen MR) is 105 cm³/mol. The Bertz CT molecular complexity index is 1000. The molecule has 3 aromatic rings. The molecule has 3 aromatic heterocycles. The molecule has 3 N–H and O–H groups in total. The minimum Gasteiger partial charge on any atom is -0.462 e. The van der Waals surface area contributed by atoms with Crippen molar-refractivity contribution in [3.63, 3.8) is 0 Å². The van der Waals surface area contributed by atoms with Crippen molar-refractivity contribution in [1.82, 2.24) is 14.9 Å². The number of piperidine rings is 1. The maximum Gasteiger partial charge on any atom is 0.270 e. The lowest BCUT2D eigenvalue weighted by atomic mass is 9.73. The van der Waals surface area contributed by atoms with Crippen LogP contribution in [0.2, 0.25) is 0 Å². The van der Waals surface area contributed by atoms with Gasteiger partial charge in [-0.25, -0.2) is 0 Å². The zero-order valence-corrected chi connectivity index (χ0v) is 15.9. The highest BCUT2D eigenvalue weighted by atomic mass is 16.5. The molecule has 0 bridgehead atoms. The molecule has 0 aromatic carbocycles. The van der Waals surface area contributed by atoms with Crippen molar-refractivity contribution in [3.05, 3.63) is 42.5 Å². The van der Waals surface area contributed by atoms with Crippen LogP contribution in [0.1, 0.15) is 30.3 Å². The van der Waals surface area contributed by atoms with E-state index in [4.69, 9.17) is 14.9 Å². The average Bonchev–Trinajstić information content (AvgIpc) is 3.39. The summed E-state index contributed by atoms with van der Waals surface area (Å²) in [6.07, 6.45) is 7.05. The Labute approximate surface area is 162 Å². The van der Waals surface area contributed by atoms with Crippen LogP contribution >= 0.6 is 0 Å². The molecule has 1 spiro atoms. The van der Waals surface area contributed by atoms with Gasteiger partial charge in [-0.15, -0.1) is 0 Å². The standard InChI is InChI=1S/C21H24N4O3/c1-13-19(22)21(12-28-13)4-7-25(8-5-21)20(26)16-9-17-18(24-16)15(11-27-17)14-3-2-6-23-10-14/h2-3,6,9-11,13,19,24H,4-5,7-8,12,22H2,1H3. The van der Waals surface area contributed by atoms with E-state index in [0.717, 1.165) is 29.5 Å². The van der Waals surface area contributed by atoms with Crippen molar-refractivity contribution in [2.24, 2.45) is 11.1 Å². The van der Waals surface area contributed by atoms with Gasteiger partial charge >= 0.3 is 0 Å². The number of H-pyrrole nitrogens is 1. The third-order valence-electron chi connectivity index (χ3n) is 6.45. The monoisotopic (exact) mass is 380 g/mol. The molecular weight excluding hydrogens is 356 g/mol. The van der Waals surface area contributed by atoms with Crippen LogP contribution in [-0.2, 0) is 4.74 Å². The number of rotatable bonds is 2. The van der Waals surface area contributed by atoms with Crippen molar-refractivity contribution in [1.29, 1.82) is 0 Å². The van der Waals surface area contributed by atoms with E-state index < -0.39 is 0 Å². The number of carbonyl (C=O) groups excluding carboxylic acids is 1. The summed E-state index contributed by atoms with van der Waals surface area (Å²) in [6.45, 7) is 4.11. The number of nitrogens with two attached hydrogens (primary N) is 1. The molecule has 0 saturated carbocycles. The van der Waals surface area contributed by atoms with E-state index in [-0.39, 0.29) is 23.5 Å². The number of likely N-dealkylation sites (tertiary alicyclic amines) is 1. The van der Waals surface area contributed by atoms with Crippen LogP contribution in [0.5, 0.6) is 0 Å². The lowest BCUT2D eigenvalue weighted by Gasteiger charge is -2.41. The Morgan fingerprint density at radius 2 is 2.21 bits per heavy atom. The number of amides is 1. The van der Waals surface area contributed by atoms with Crippen LogP contribution in [0.25, 0.3) is 22.2 Å². The fourth-order valence-electron chi connectivity index (χ4n) is 4.56. The molecule has 0 radical (unpaired) electrons. The van der Waals surface area contributed by atoms with Crippen molar-refractivity contribution in [3.8, 4) is 11.1 Å². The highest BCUT2D eigenvalue weighted by Gasteiger charge is 2.48. The molecule has 5 heterocycles. The summed E-state index contributed by atoms with van der Waals surface area (Å²) in [6, 6.07) is 5.68. The van der Waals surface area contributed by atoms with Gasteiger partial charge in [-0.05, 0) is 25.8 Å². The highest BCUT2D eigenvalue weighted by molar-refractivity contribution is 6.00. The number of pyridine rings is 1. The van der Waals surface area contributed by atoms with E-state index in [9.17, 15) is 4.79 Å². The number of nitrogens with zero attached hydrogens (tertiary/aromatic N) is 2. The molecular formula is C21H24N4O3. The predicted octanol–water partition coefficient (Wildman–Crippen LogP) is 2.79. The van der Waals surface area contributed by atoms with Crippen molar-refractivity contribution in [2.75, 3.05) is 19.7 Å². The number of fused-ring (bicyclic) bond motifs is 1. The molecule has 2 aliphatic rings. The number of aromatic amines is 1. The zero-order chi connectivity index (χ0) is 19.3. The quantitative estimate of drug-likeness (QED) is 0.712. The summed E-state index contributed by atoms with van der Waals surface area (Å²) < 4.78 is 11.4. The van der Waals surface area contributed by atoms with E-state index >= 15 is 0 Å². The molecule has 7 nitrogen and oxygen atoms in total. The van der Waals surface area contributed by atoms with Crippen LogP contribution in [0, 0.1) is 5.41 Å². The SMILES string of the molecule is CC1OCC2(CCN(C(=O)c3cc4occ(-c5cccnc5)c4[nH]3)CC2)C1N. The Kier molecular flexibility index (Phi) is 4.03. The topological polar surface area (TPSA) is 97.4 Å². The Morgan fingerprint density at radius 1 is 1.39 bits per heavy atom. The van der Waals surface area contributed by atoms with Gasteiger partial charge in [0.05, 0.1) is 18.2 Å². The van der Waals surface area contributed by atoms with Gasteiger partial charge in [0.15, 0.2) is 5.58 Å². The van der Waals surface area contributed by atoms with Crippen LogP contribution in [0.4, 0.5) is 0 Å². The molecule has 28 heavy (non-hydrogen) atoms. The van der Waals surface area contributed by atoms with Gasteiger partial charge in [-0.3, -0.25) is 9.78 Å². The molecule has 2 unspecified atom stereocenters. The van der Waals surface area contributed by atoms with Gasteiger partial charge < -0.3 is 24.8 Å². The first-order valence-corrected chi connectivity index (χ1v) is 9.74. The summed E-state index contributed by atoms with van der Waals surface area (Å²) in [5.74, 6) is -0.000998. The van der Waals surface area contributed by atoms with Crippen LogP contribution < -0.4 is 5.73 Å². The number of aromatic nitrogens is 2. The first-order valence-electron chi connectivity index (χ1n) is 9.74. The highest BCUT2D eigenvalue weighted by Crippen LogP contribution is 2.41. The van der Waals surface area contributed by atoms with Gasteiger partial charge in [0.25, 0.3) is 5.91 Å². The van der Waals surface area contributed by atoms with Gasteiger partial charge in [-0.1, -0.05) is 6.07 Å². The van der Waals surface area contributed by atoms with Crippen molar-refractivity contribution in [2.45, 2.75) is 31.9 Å². The summed E-state index contributed by atoms with van der Waals surface area (Å²) in [4.78, 5) is 22.4. The number of hydrogen-bond acceptors (Lipinski definition) is 5. The second-order valence-electron chi connectivity index (χ2n) is 8.01. The normalized spacial score (nSPS) is 24.3. The third kappa shape index (κ3) is 2.65.